The molecule has 0 aromatic carbocycles. The fourth-order valence-electron chi connectivity index (χ4n) is 0.514. The molecule has 0 saturated heterocycles. The zero-order valence-corrected chi connectivity index (χ0v) is 11.6. The SMILES string of the molecule is CN(C)C(N)=NC(=N)N.NC(=O)NS(=O)(=O)NC(N)=O. The Morgan fingerprint density at radius 3 is 1.55 bits per heavy atom. The van der Waals surface area contributed by atoms with Crippen molar-refractivity contribution < 1.29 is 18.0 Å². The van der Waals surface area contributed by atoms with Crippen LogP contribution in [0.1, 0.15) is 0 Å². The highest BCUT2D eigenvalue weighted by atomic mass is 32.2. The maximum atomic E-state index is 10.4. The van der Waals surface area contributed by atoms with E-state index in [1.807, 2.05) is 0 Å². The van der Waals surface area contributed by atoms with Gasteiger partial charge >= 0.3 is 22.3 Å². The Labute approximate surface area is 115 Å². The number of aliphatic imine (C=N–C) groups is 1. The molecule has 0 heterocycles. The first kappa shape index (κ1) is 19.6. The van der Waals surface area contributed by atoms with Crippen LogP contribution in [0, 0.1) is 5.41 Å². The van der Waals surface area contributed by atoms with Crippen molar-refractivity contribution in [1.29, 1.82) is 5.41 Å². The molecule has 0 aromatic rings. The Balaban J connectivity index is 0. The lowest BCUT2D eigenvalue weighted by Crippen LogP contribution is -2.46. The van der Waals surface area contributed by atoms with Gasteiger partial charge in [0.2, 0.25) is 5.96 Å². The summed E-state index contributed by atoms with van der Waals surface area (Å²) in [5.41, 5.74) is 19.1. The standard InChI is InChI=1S/C4H11N5.C2H6N4O4S/c1-9(2)4(7)8-3(5)6;3-1(7)5-11(9,10)6-2(4)8/h1-2H3,(H5,5,6,7,8);(H3,3,5,7)(H3,4,6,8). The summed E-state index contributed by atoms with van der Waals surface area (Å²) in [6.07, 6.45) is 0. The molecular weight excluding hydrogens is 294 g/mol. The first-order chi connectivity index (χ1) is 8.87. The third-order valence-electron chi connectivity index (χ3n) is 1.16. The molecule has 0 aliphatic heterocycles. The molecule has 4 amide bonds. The summed E-state index contributed by atoms with van der Waals surface area (Å²) in [6.45, 7) is 0. The molecule has 14 heteroatoms. The van der Waals surface area contributed by atoms with Gasteiger partial charge in [0, 0.05) is 14.1 Å². The van der Waals surface area contributed by atoms with Crippen molar-refractivity contribution in [2.45, 2.75) is 0 Å². The molecule has 0 aromatic heterocycles. The zero-order chi connectivity index (χ0) is 16.5. The van der Waals surface area contributed by atoms with Crippen molar-refractivity contribution in [3.8, 4) is 0 Å². The molecule has 13 nitrogen and oxygen atoms in total. The molecule has 0 bridgehead atoms. The second-order valence-corrected chi connectivity index (χ2v) is 4.60. The van der Waals surface area contributed by atoms with Crippen LogP contribution in [0.3, 0.4) is 0 Å². The van der Waals surface area contributed by atoms with Crippen LogP contribution in [-0.4, -0.2) is 51.4 Å². The van der Waals surface area contributed by atoms with Crippen LogP contribution in [0.4, 0.5) is 9.59 Å². The van der Waals surface area contributed by atoms with Gasteiger partial charge in [-0.15, -0.1) is 0 Å². The fourth-order valence-corrected chi connectivity index (χ4v) is 1.09. The second-order valence-electron chi connectivity index (χ2n) is 3.19. The minimum atomic E-state index is -4.23. The summed E-state index contributed by atoms with van der Waals surface area (Å²) in [7, 11) is -0.781. The largest absolute Gasteiger partial charge is 0.369 e. The molecule has 0 spiro atoms. The number of carbonyl (C=O) groups is 2. The summed E-state index contributed by atoms with van der Waals surface area (Å²) >= 11 is 0. The highest BCUT2D eigenvalue weighted by molar-refractivity contribution is 7.88. The molecule has 0 fully saturated rings. The van der Waals surface area contributed by atoms with Crippen molar-refractivity contribution in [2.24, 2.45) is 27.9 Å². The molecule has 20 heavy (non-hydrogen) atoms. The first-order valence-electron chi connectivity index (χ1n) is 4.62. The third-order valence-corrected chi connectivity index (χ3v) is 2.10. The molecule has 11 N–H and O–H groups in total. The molecule has 0 atom stereocenters. The van der Waals surface area contributed by atoms with E-state index in [1.165, 1.54) is 9.44 Å². The topological polar surface area (TPSA) is 236 Å². The van der Waals surface area contributed by atoms with Crippen LogP contribution < -0.4 is 32.4 Å². The molecule has 0 radical (unpaired) electrons. The van der Waals surface area contributed by atoms with E-state index in [0.717, 1.165) is 0 Å². The summed E-state index contributed by atoms with van der Waals surface area (Å²) < 4.78 is 23.4. The minimum Gasteiger partial charge on any atom is -0.369 e. The van der Waals surface area contributed by atoms with E-state index in [2.05, 4.69) is 16.5 Å². The first-order valence-corrected chi connectivity index (χ1v) is 6.10. The maximum absolute atomic E-state index is 10.4. The van der Waals surface area contributed by atoms with Gasteiger partial charge in [-0.05, 0) is 0 Å². The van der Waals surface area contributed by atoms with Crippen LogP contribution in [0.5, 0.6) is 0 Å². The van der Waals surface area contributed by atoms with E-state index in [4.69, 9.17) is 16.9 Å². The average Bonchev–Trinajstić information content (AvgIpc) is 2.11. The van der Waals surface area contributed by atoms with E-state index in [0.29, 0.717) is 0 Å². The van der Waals surface area contributed by atoms with Gasteiger partial charge in [-0.25, -0.2) is 19.0 Å². The van der Waals surface area contributed by atoms with Gasteiger partial charge < -0.3 is 27.8 Å². The molecule has 116 valence electrons. The van der Waals surface area contributed by atoms with Gasteiger partial charge in [0.05, 0.1) is 0 Å². The van der Waals surface area contributed by atoms with Crippen molar-refractivity contribution >= 4 is 34.2 Å². The molecule has 0 rings (SSSR count). The van der Waals surface area contributed by atoms with Crippen molar-refractivity contribution in [2.75, 3.05) is 14.1 Å². The minimum absolute atomic E-state index is 0.238. The number of rotatable bonds is 2. The molecule has 0 aliphatic rings. The lowest BCUT2D eigenvalue weighted by atomic mass is 10.8. The number of primary amides is 2. The zero-order valence-electron chi connectivity index (χ0n) is 10.7. The average molecular weight is 311 g/mol. The van der Waals surface area contributed by atoms with Gasteiger partial charge in [0.15, 0.2) is 5.96 Å². The molecule has 0 aliphatic carbocycles. The number of nitrogens with one attached hydrogen (secondary N) is 3. The van der Waals surface area contributed by atoms with Crippen LogP contribution >= 0.6 is 0 Å². The molecule has 0 unspecified atom stereocenters. The predicted octanol–water partition coefficient (Wildman–Crippen LogP) is -3.68. The summed E-state index contributed by atoms with van der Waals surface area (Å²) in [4.78, 5) is 24.9. The fraction of sp³-hybridized carbons (Fsp3) is 0.333. The lowest BCUT2D eigenvalue weighted by molar-refractivity contribution is 0.252. The Morgan fingerprint density at radius 1 is 1.05 bits per heavy atom. The van der Waals surface area contributed by atoms with Gasteiger partial charge in [0.1, 0.15) is 0 Å². The Hall–Kier alpha value is -2.77. The van der Waals surface area contributed by atoms with E-state index < -0.39 is 22.3 Å². The Kier molecular flexibility index (Phi) is 8.17. The van der Waals surface area contributed by atoms with Crippen LogP contribution in [-0.2, 0) is 10.2 Å². The van der Waals surface area contributed by atoms with Crippen molar-refractivity contribution in [3.63, 3.8) is 0 Å². The third kappa shape index (κ3) is 13.3. The second kappa shape index (κ2) is 8.35. The van der Waals surface area contributed by atoms with Gasteiger partial charge in [0.25, 0.3) is 0 Å². The number of hydrogen-bond acceptors (Lipinski definition) is 5. The highest BCUT2D eigenvalue weighted by Gasteiger charge is 2.12. The number of nitrogens with zero attached hydrogens (tertiary/aromatic N) is 2. The maximum Gasteiger partial charge on any atom is 0.328 e. The van der Waals surface area contributed by atoms with Gasteiger partial charge in [-0.2, -0.15) is 13.4 Å². The normalized spacial score (nSPS) is 10.6. The van der Waals surface area contributed by atoms with Crippen LogP contribution in [0.2, 0.25) is 0 Å². The molecule has 0 saturated carbocycles. The smallest absolute Gasteiger partial charge is 0.328 e. The molecular formula is C6H17N9O4S. The summed E-state index contributed by atoms with van der Waals surface area (Å²) in [5, 5.41) is 6.70. The van der Waals surface area contributed by atoms with Crippen molar-refractivity contribution in [3.05, 3.63) is 0 Å². The summed E-state index contributed by atoms with van der Waals surface area (Å²) in [6, 6.07) is -2.61. The lowest BCUT2D eigenvalue weighted by Gasteiger charge is -2.08. The number of hydrogen-bond donors (Lipinski definition) is 7. The highest BCUT2D eigenvalue weighted by Crippen LogP contribution is 1.73. The van der Waals surface area contributed by atoms with E-state index in [9.17, 15) is 18.0 Å². The van der Waals surface area contributed by atoms with Crippen LogP contribution in [0.25, 0.3) is 0 Å². The summed E-state index contributed by atoms with van der Waals surface area (Å²) in [5.74, 6) is -0.0382. The number of amides is 4. The number of carbonyl (C=O) groups excluding carboxylic acids is 2. The van der Waals surface area contributed by atoms with Gasteiger partial charge in [-0.3, -0.25) is 5.41 Å². The number of nitrogens with two attached hydrogens (primary N) is 4. The Bertz CT molecular complexity index is 475. The number of guanidine groups is 2. The van der Waals surface area contributed by atoms with E-state index in [1.54, 1.807) is 19.0 Å². The number of urea groups is 2. The quantitative estimate of drug-likeness (QED) is 0.199. The van der Waals surface area contributed by atoms with Crippen LogP contribution in [0.15, 0.2) is 4.99 Å². The monoisotopic (exact) mass is 311 g/mol. The van der Waals surface area contributed by atoms with E-state index >= 15 is 0 Å². The van der Waals surface area contributed by atoms with Crippen molar-refractivity contribution in [1.82, 2.24) is 14.3 Å². The van der Waals surface area contributed by atoms with Gasteiger partial charge in [-0.1, -0.05) is 0 Å². The Morgan fingerprint density at radius 2 is 1.40 bits per heavy atom. The predicted molar refractivity (Wildman–Crippen MR) is 71.6 cm³/mol. The van der Waals surface area contributed by atoms with E-state index in [-0.39, 0.29) is 11.9 Å².